The quantitative estimate of drug-likeness (QED) is 0.306. The van der Waals surface area contributed by atoms with E-state index in [1.54, 1.807) is 0 Å². The van der Waals surface area contributed by atoms with Gasteiger partial charge in [0.25, 0.3) is 0 Å². The van der Waals surface area contributed by atoms with E-state index in [0.29, 0.717) is 0 Å². The number of hydrogen-bond acceptors (Lipinski definition) is 2. The number of aliphatic carboxylic acids is 1. The van der Waals surface area contributed by atoms with Crippen LogP contribution in [-0.2, 0) is 4.79 Å². The Morgan fingerprint density at radius 1 is 1.86 bits per heavy atom. The number of nitrogens with zero attached hydrogens (tertiary/aromatic N) is 1. The Kier molecular flexibility index (Phi) is 1.84. The van der Waals surface area contributed by atoms with Crippen molar-refractivity contribution in [1.29, 1.82) is 0 Å². The maximum atomic E-state index is 9.67. The van der Waals surface area contributed by atoms with Crippen molar-refractivity contribution >= 4 is 11.8 Å². The highest BCUT2D eigenvalue weighted by Gasteiger charge is 1.97. The van der Waals surface area contributed by atoms with Crippen LogP contribution in [-0.4, -0.2) is 24.0 Å². The Hall–Kier alpha value is -1.06. The molecule has 40 valence electrons. The third-order valence-corrected chi connectivity index (χ3v) is 0.460. The fraction of sp³-hybridized carbons (Fsp3) is 0.333. The molecule has 0 rings (SSSR count). The number of rotatable bonds is 0. The lowest BCUT2D eigenvalue weighted by molar-refractivity contribution is -0.129. The molecule has 0 fully saturated rings. The molecule has 0 aromatic rings. The van der Waals surface area contributed by atoms with Crippen LogP contribution in [0.15, 0.2) is 4.99 Å². The van der Waals surface area contributed by atoms with Crippen molar-refractivity contribution in [3.05, 3.63) is 0 Å². The monoisotopic (exact) mass is 102 g/mol. The van der Waals surface area contributed by atoms with E-state index in [1.165, 1.54) is 7.05 Å². The zero-order chi connectivity index (χ0) is 5.86. The predicted octanol–water partition coefficient (Wildman–Crippen LogP) is -0.942. The molecule has 0 aromatic carbocycles. The number of carbonyl (C=O) groups is 1. The van der Waals surface area contributed by atoms with E-state index in [0.717, 1.165) is 0 Å². The standard InChI is InChI=1S/C3H6N2O2/c1-5-2(4)3(6)7/h1H3,(H2,4,5)(H,6,7). The normalized spacial score (nSPS) is 11.3. The minimum absolute atomic E-state index is 0.361. The van der Waals surface area contributed by atoms with Gasteiger partial charge >= 0.3 is 5.97 Å². The Bertz CT molecular complexity index is 108. The second-order valence-electron chi connectivity index (χ2n) is 0.914. The van der Waals surface area contributed by atoms with Crippen LogP contribution in [0.2, 0.25) is 0 Å². The molecular weight excluding hydrogens is 96.0 g/mol. The summed E-state index contributed by atoms with van der Waals surface area (Å²) in [5.74, 6) is -1.54. The number of hydrogen-bond donors (Lipinski definition) is 2. The third kappa shape index (κ3) is 1.75. The van der Waals surface area contributed by atoms with Crippen molar-refractivity contribution in [2.24, 2.45) is 10.7 Å². The molecule has 0 spiro atoms. The maximum absolute atomic E-state index is 9.67. The van der Waals surface area contributed by atoms with Gasteiger partial charge in [-0.05, 0) is 0 Å². The molecule has 0 heterocycles. The first-order valence-electron chi connectivity index (χ1n) is 1.64. The molecule has 4 heteroatoms. The Balaban J connectivity index is 3.82. The van der Waals surface area contributed by atoms with Crippen molar-refractivity contribution in [2.45, 2.75) is 0 Å². The second-order valence-corrected chi connectivity index (χ2v) is 0.914. The van der Waals surface area contributed by atoms with Gasteiger partial charge in [0.05, 0.1) is 0 Å². The van der Waals surface area contributed by atoms with Crippen LogP contribution in [0.25, 0.3) is 0 Å². The van der Waals surface area contributed by atoms with Crippen LogP contribution in [0, 0.1) is 0 Å². The molecule has 0 atom stereocenters. The first kappa shape index (κ1) is 5.94. The largest absolute Gasteiger partial charge is 0.475 e. The first-order valence-corrected chi connectivity index (χ1v) is 1.64. The molecule has 0 saturated heterocycles. The molecule has 0 bridgehead atoms. The van der Waals surface area contributed by atoms with Gasteiger partial charge in [-0.25, -0.2) is 4.79 Å². The Morgan fingerprint density at radius 2 is 2.29 bits per heavy atom. The van der Waals surface area contributed by atoms with Gasteiger partial charge in [0.2, 0.25) is 5.84 Å². The molecule has 3 N–H and O–H groups in total. The lowest BCUT2D eigenvalue weighted by Crippen LogP contribution is -2.22. The third-order valence-electron chi connectivity index (χ3n) is 0.460. The molecule has 0 amide bonds. The summed E-state index contributed by atoms with van der Waals surface area (Å²) in [5, 5.41) is 7.93. The topological polar surface area (TPSA) is 75.7 Å². The first-order chi connectivity index (χ1) is 3.18. The van der Waals surface area contributed by atoms with Crippen LogP contribution in [0.4, 0.5) is 0 Å². The van der Waals surface area contributed by atoms with Gasteiger partial charge in [0, 0.05) is 7.05 Å². The van der Waals surface area contributed by atoms with Crippen LogP contribution in [0.3, 0.4) is 0 Å². The number of nitrogens with two attached hydrogens (primary N) is 1. The molecule has 0 saturated carbocycles. The Labute approximate surface area is 40.7 Å². The average Bonchev–Trinajstić information content (AvgIpc) is 1.65. The van der Waals surface area contributed by atoms with Gasteiger partial charge in [0.1, 0.15) is 0 Å². The number of carboxylic acids is 1. The van der Waals surface area contributed by atoms with Crippen molar-refractivity contribution in [2.75, 3.05) is 7.05 Å². The van der Waals surface area contributed by atoms with Crippen LogP contribution >= 0.6 is 0 Å². The van der Waals surface area contributed by atoms with Crippen LogP contribution in [0.5, 0.6) is 0 Å². The predicted molar refractivity (Wildman–Crippen MR) is 25.2 cm³/mol. The number of amidine groups is 1. The van der Waals surface area contributed by atoms with Gasteiger partial charge in [0.15, 0.2) is 0 Å². The van der Waals surface area contributed by atoms with Crippen LogP contribution in [0.1, 0.15) is 0 Å². The second kappa shape index (κ2) is 2.17. The zero-order valence-electron chi connectivity index (χ0n) is 3.88. The summed E-state index contributed by atoms with van der Waals surface area (Å²) in [6.07, 6.45) is 0. The molecule has 7 heavy (non-hydrogen) atoms. The molecular formula is C3H6N2O2. The minimum Gasteiger partial charge on any atom is -0.475 e. The average molecular weight is 102 g/mol. The molecule has 4 nitrogen and oxygen atoms in total. The van der Waals surface area contributed by atoms with Crippen molar-refractivity contribution in [3.63, 3.8) is 0 Å². The fourth-order valence-electron chi connectivity index (χ4n) is 0.0956. The maximum Gasteiger partial charge on any atom is 0.370 e. The molecule has 0 radical (unpaired) electrons. The lowest BCUT2D eigenvalue weighted by atomic mass is 10.6. The van der Waals surface area contributed by atoms with Crippen molar-refractivity contribution in [3.8, 4) is 0 Å². The van der Waals surface area contributed by atoms with E-state index in [2.05, 4.69) is 4.99 Å². The van der Waals surface area contributed by atoms with E-state index in [1.807, 2.05) is 0 Å². The minimum atomic E-state index is -1.18. The van der Waals surface area contributed by atoms with Gasteiger partial charge in [-0.1, -0.05) is 0 Å². The van der Waals surface area contributed by atoms with Gasteiger partial charge in [-0.3, -0.25) is 4.99 Å². The summed E-state index contributed by atoms with van der Waals surface area (Å²) >= 11 is 0. The van der Waals surface area contributed by atoms with E-state index >= 15 is 0 Å². The van der Waals surface area contributed by atoms with E-state index < -0.39 is 5.97 Å². The van der Waals surface area contributed by atoms with Crippen molar-refractivity contribution < 1.29 is 9.90 Å². The highest BCUT2D eigenvalue weighted by molar-refractivity contribution is 6.33. The zero-order valence-corrected chi connectivity index (χ0v) is 3.88. The summed E-state index contributed by atoms with van der Waals surface area (Å²) in [5.41, 5.74) is 4.77. The molecule has 0 unspecified atom stereocenters. The molecule has 0 aromatic heterocycles. The van der Waals surface area contributed by atoms with Gasteiger partial charge in [-0.15, -0.1) is 0 Å². The number of aliphatic imine (C=N–C) groups is 1. The SMILES string of the molecule is CN=C(N)C(=O)O. The smallest absolute Gasteiger partial charge is 0.370 e. The molecule has 0 aliphatic carbocycles. The lowest BCUT2D eigenvalue weighted by Gasteiger charge is -1.83. The summed E-state index contributed by atoms with van der Waals surface area (Å²) in [7, 11) is 1.32. The fourth-order valence-corrected chi connectivity index (χ4v) is 0.0956. The van der Waals surface area contributed by atoms with E-state index in [-0.39, 0.29) is 5.84 Å². The van der Waals surface area contributed by atoms with Gasteiger partial charge in [-0.2, -0.15) is 0 Å². The molecule has 0 aliphatic heterocycles. The van der Waals surface area contributed by atoms with E-state index in [9.17, 15) is 4.79 Å². The summed E-state index contributed by atoms with van der Waals surface area (Å²) < 4.78 is 0. The Morgan fingerprint density at radius 3 is 2.29 bits per heavy atom. The highest BCUT2D eigenvalue weighted by atomic mass is 16.4. The number of carboxylic acid groups (broad SMARTS) is 1. The van der Waals surface area contributed by atoms with Crippen LogP contribution < -0.4 is 5.73 Å². The summed E-state index contributed by atoms with van der Waals surface area (Å²) in [6, 6.07) is 0. The van der Waals surface area contributed by atoms with Gasteiger partial charge < -0.3 is 10.8 Å². The van der Waals surface area contributed by atoms with Crippen molar-refractivity contribution in [1.82, 2.24) is 0 Å². The highest BCUT2D eigenvalue weighted by Crippen LogP contribution is 1.61. The summed E-state index contributed by atoms with van der Waals surface area (Å²) in [4.78, 5) is 12.9. The summed E-state index contributed by atoms with van der Waals surface area (Å²) in [6.45, 7) is 0. The van der Waals surface area contributed by atoms with E-state index in [4.69, 9.17) is 10.8 Å². The molecule has 0 aliphatic rings.